The van der Waals surface area contributed by atoms with E-state index < -0.39 is 11.9 Å². The quantitative estimate of drug-likeness (QED) is 0.652. The van der Waals surface area contributed by atoms with Crippen LogP contribution in [0.5, 0.6) is 11.5 Å². The van der Waals surface area contributed by atoms with E-state index in [9.17, 15) is 19.8 Å². The number of ether oxygens (including phenoxy) is 2. The molecule has 2 aromatic carbocycles. The van der Waals surface area contributed by atoms with Crippen molar-refractivity contribution in [3.63, 3.8) is 0 Å². The first-order chi connectivity index (χ1) is 11.5. The number of benzene rings is 2. The van der Waals surface area contributed by atoms with E-state index in [0.29, 0.717) is 16.5 Å². The van der Waals surface area contributed by atoms with Gasteiger partial charge in [0.05, 0.1) is 11.1 Å². The Balaban J connectivity index is 2.22. The van der Waals surface area contributed by atoms with Gasteiger partial charge in [-0.1, -0.05) is 29.8 Å². The molecule has 7 heteroatoms. The molecule has 0 radical (unpaired) electrons. The van der Waals surface area contributed by atoms with Crippen LogP contribution in [0.15, 0.2) is 42.5 Å². The van der Waals surface area contributed by atoms with Gasteiger partial charge in [0.25, 0.3) is 0 Å². The molecule has 0 atom stereocenters. The highest BCUT2D eigenvalue weighted by Crippen LogP contribution is 2.36. The van der Waals surface area contributed by atoms with E-state index in [1.165, 1.54) is 36.4 Å². The molecule has 2 aromatic rings. The lowest BCUT2D eigenvalue weighted by atomic mass is 9.94. The van der Waals surface area contributed by atoms with E-state index >= 15 is 0 Å². The molecule has 1 heterocycles. The third-order valence-electron chi connectivity index (χ3n) is 3.47. The predicted octanol–water partition coefficient (Wildman–Crippen LogP) is 3.15. The number of aliphatic carboxylic acids is 2. The molecule has 0 aromatic heterocycles. The van der Waals surface area contributed by atoms with Crippen LogP contribution in [0.1, 0.15) is 11.1 Å². The number of fused-ring (bicyclic) bond motifs is 1. The van der Waals surface area contributed by atoms with Gasteiger partial charge in [0.15, 0.2) is 11.5 Å². The second-order valence-electron chi connectivity index (χ2n) is 4.94. The Bertz CT molecular complexity index is 854. The smallest absolute Gasteiger partial charge is 0.337 e. The van der Waals surface area contributed by atoms with Gasteiger partial charge in [0.1, 0.15) is 0 Å². The average molecular weight is 347 g/mol. The molecule has 0 unspecified atom stereocenters. The summed E-state index contributed by atoms with van der Waals surface area (Å²) in [6.07, 6.45) is 0. The molecular formula is C17H11ClO6. The molecule has 0 spiro atoms. The molecule has 0 aliphatic carbocycles. The highest BCUT2D eigenvalue weighted by Gasteiger charge is 2.25. The van der Waals surface area contributed by atoms with Crippen LogP contribution in [0.25, 0.3) is 11.1 Å². The fourth-order valence-corrected chi connectivity index (χ4v) is 2.54. The Kier molecular flexibility index (Phi) is 4.14. The van der Waals surface area contributed by atoms with Gasteiger partial charge in [-0.05, 0) is 35.4 Å². The number of carbonyl (C=O) groups is 2. The SMILES string of the molecule is O=C(O)/C(=C(\C(=O)O)c1ccc2c(c1)OCO2)c1ccc(Cl)cc1. The molecule has 0 bridgehead atoms. The van der Waals surface area contributed by atoms with Crippen LogP contribution in [0, 0.1) is 0 Å². The summed E-state index contributed by atoms with van der Waals surface area (Å²) in [5, 5.41) is 19.6. The fraction of sp³-hybridized carbons (Fsp3) is 0.0588. The Morgan fingerprint density at radius 3 is 2.00 bits per heavy atom. The van der Waals surface area contributed by atoms with Crippen molar-refractivity contribution in [3.8, 4) is 11.5 Å². The highest BCUT2D eigenvalue weighted by atomic mass is 35.5. The average Bonchev–Trinajstić information content (AvgIpc) is 3.00. The molecular weight excluding hydrogens is 336 g/mol. The maximum atomic E-state index is 11.8. The maximum Gasteiger partial charge on any atom is 0.337 e. The van der Waals surface area contributed by atoms with Gasteiger partial charge in [-0.3, -0.25) is 0 Å². The number of rotatable bonds is 4. The van der Waals surface area contributed by atoms with Crippen LogP contribution in [0.4, 0.5) is 0 Å². The zero-order valence-electron chi connectivity index (χ0n) is 12.2. The van der Waals surface area contributed by atoms with E-state index in [2.05, 4.69) is 0 Å². The van der Waals surface area contributed by atoms with Crippen molar-refractivity contribution in [3.05, 3.63) is 58.6 Å². The first-order valence-electron chi connectivity index (χ1n) is 6.84. The lowest BCUT2D eigenvalue weighted by molar-refractivity contribution is -0.132. The molecule has 24 heavy (non-hydrogen) atoms. The summed E-state index contributed by atoms with van der Waals surface area (Å²) in [7, 11) is 0. The summed E-state index contributed by atoms with van der Waals surface area (Å²) in [4.78, 5) is 23.5. The molecule has 0 amide bonds. The molecule has 1 aliphatic heterocycles. The number of halogens is 1. The molecule has 2 N–H and O–H groups in total. The molecule has 6 nitrogen and oxygen atoms in total. The Morgan fingerprint density at radius 1 is 0.833 bits per heavy atom. The van der Waals surface area contributed by atoms with Gasteiger partial charge >= 0.3 is 11.9 Å². The summed E-state index contributed by atoms with van der Waals surface area (Å²) >= 11 is 5.81. The third-order valence-corrected chi connectivity index (χ3v) is 3.72. The summed E-state index contributed by atoms with van der Waals surface area (Å²) in [6.45, 7) is 0.0356. The van der Waals surface area contributed by atoms with Crippen molar-refractivity contribution in [1.29, 1.82) is 0 Å². The highest BCUT2D eigenvalue weighted by molar-refractivity contribution is 6.36. The molecule has 3 rings (SSSR count). The summed E-state index contributed by atoms with van der Waals surface area (Å²) in [5.74, 6) is -1.87. The Hall–Kier alpha value is -2.99. The van der Waals surface area contributed by atoms with Gasteiger partial charge in [-0.15, -0.1) is 0 Å². The predicted molar refractivity (Wildman–Crippen MR) is 86.1 cm³/mol. The monoisotopic (exact) mass is 346 g/mol. The van der Waals surface area contributed by atoms with E-state index in [4.69, 9.17) is 21.1 Å². The maximum absolute atomic E-state index is 11.8. The lowest BCUT2D eigenvalue weighted by Crippen LogP contribution is -2.10. The van der Waals surface area contributed by atoms with E-state index in [1.807, 2.05) is 0 Å². The minimum Gasteiger partial charge on any atom is -0.478 e. The zero-order chi connectivity index (χ0) is 17.3. The summed E-state index contributed by atoms with van der Waals surface area (Å²) in [5.41, 5.74) is -0.234. The van der Waals surface area contributed by atoms with Crippen molar-refractivity contribution < 1.29 is 29.3 Å². The number of hydrogen-bond acceptors (Lipinski definition) is 4. The molecule has 0 saturated heterocycles. The van der Waals surface area contributed by atoms with E-state index in [-0.39, 0.29) is 29.1 Å². The first kappa shape index (κ1) is 15.9. The van der Waals surface area contributed by atoms with Crippen LogP contribution in [-0.4, -0.2) is 28.9 Å². The van der Waals surface area contributed by atoms with Crippen LogP contribution in [-0.2, 0) is 9.59 Å². The van der Waals surface area contributed by atoms with Crippen LogP contribution < -0.4 is 9.47 Å². The zero-order valence-corrected chi connectivity index (χ0v) is 12.9. The largest absolute Gasteiger partial charge is 0.478 e. The van der Waals surface area contributed by atoms with Crippen molar-refractivity contribution in [1.82, 2.24) is 0 Å². The van der Waals surface area contributed by atoms with Crippen molar-refractivity contribution in [2.24, 2.45) is 0 Å². The summed E-state index contributed by atoms with van der Waals surface area (Å²) in [6, 6.07) is 10.4. The van der Waals surface area contributed by atoms with Crippen LogP contribution in [0.2, 0.25) is 5.02 Å². The van der Waals surface area contributed by atoms with Gasteiger partial charge in [-0.2, -0.15) is 0 Å². The lowest BCUT2D eigenvalue weighted by Gasteiger charge is -2.10. The molecule has 0 saturated carbocycles. The van der Waals surface area contributed by atoms with Gasteiger partial charge in [-0.25, -0.2) is 9.59 Å². The number of carboxylic acids is 2. The normalized spacial score (nSPS) is 13.4. The van der Waals surface area contributed by atoms with Crippen molar-refractivity contribution in [2.75, 3.05) is 6.79 Å². The van der Waals surface area contributed by atoms with Gasteiger partial charge in [0, 0.05) is 5.02 Å². The molecule has 122 valence electrons. The third kappa shape index (κ3) is 2.91. The summed E-state index contributed by atoms with van der Waals surface area (Å²) < 4.78 is 10.4. The fourth-order valence-electron chi connectivity index (χ4n) is 2.42. The van der Waals surface area contributed by atoms with Crippen LogP contribution in [0.3, 0.4) is 0 Å². The molecule has 1 aliphatic rings. The topological polar surface area (TPSA) is 93.1 Å². The molecule has 0 fully saturated rings. The van der Waals surface area contributed by atoms with Crippen molar-refractivity contribution >= 4 is 34.7 Å². The number of hydrogen-bond donors (Lipinski definition) is 2. The second-order valence-corrected chi connectivity index (χ2v) is 5.37. The van der Waals surface area contributed by atoms with Gasteiger partial charge in [0.2, 0.25) is 6.79 Å². The van der Waals surface area contributed by atoms with E-state index in [0.717, 1.165) is 0 Å². The standard InChI is InChI=1S/C17H11ClO6/c18-11-4-1-9(2-5-11)14(16(19)20)15(17(21)22)10-3-6-12-13(7-10)24-8-23-12/h1-7H,8H2,(H,19,20)(H,21,22)/b15-14-. The second kappa shape index (κ2) is 6.25. The Morgan fingerprint density at radius 2 is 1.38 bits per heavy atom. The minimum atomic E-state index is -1.36. The number of carboxylic acid groups (broad SMARTS) is 2. The first-order valence-corrected chi connectivity index (χ1v) is 7.22. The van der Waals surface area contributed by atoms with Crippen LogP contribution >= 0.6 is 11.6 Å². The van der Waals surface area contributed by atoms with Gasteiger partial charge < -0.3 is 19.7 Å². The minimum absolute atomic E-state index is 0.0356. The van der Waals surface area contributed by atoms with E-state index in [1.54, 1.807) is 6.07 Å². The van der Waals surface area contributed by atoms with Crippen molar-refractivity contribution in [2.45, 2.75) is 0 Å². The Labute approximate surface area is 141 Å².